The van der Waals surface area contributed by atoms with Gasteiger partial charge in [-0.05, 0) is 42.3 Å². The van der Waals surface area contributed by atoms with Gasteiger partial charge in [-0.25, -0.2) is 0 Å². The van der Waals surface area contributed by atoms with E-state index in [1.807, 2.05) is 36.4 Å². The molecule has 0 saturated carbocycles. The average Bonchev–Trinajstić information content (AvgIpc) is 2.96. The van der Waals surface area contributed by atoms with Crippen molar-refractivity contribution < 1.29 is 14.3 Å². The van der Waals surface area contributed by atoms with Gasteiger partial charge in [0.05, 0.1) is 16.8 Å². The van der Waals surface area contributed by atoms with Crippen LogP contribution in [0.15, 0.2) is 89.7 Å². The average molecular weight is 507 g/mol. The minimum absolute atomic E-state index is 0.135. The number of aromatic nitrogens is 1. The van der Waals surface area contributed by atoms with Crippen LogP contribution in [0, 0.1) is 17.2 Å². The van der Waals surface area contributed by atoms with Crippen LogP contribution in [-0.4, -0.2) is 41.4 Å². The lowest BCUT2D eigenvalue weighted by molar-refractivity contribution is -0.137. The van der Waals surface area contributed by atoms with E-state index in [0.717, 1.165) is 10.9 Å². The van der Waals surface area contributed by atoms with Crippen LogP contribution < -0.4 is 15.6 Å². The molecule has 5 rings (SSSR count). The summed E-state index contributed by atoms with van der Waals surface area (Å²) in [5.74, 6) is -0.539. The number of anilines is 1. The number of piperidine rings is 1. The molecule has 8 heteroatoms. The molecule has 1 aromatic heterocycles. The highest BCUT2D eigenvalue weighted by Crippen LogP contribution is 2.34. The van der Waals surface area contributed by atoms with Gasteiger partial charge in [-0.3, -0.25) is 14.4 Å². The molecule has 0 radical (unpaired) electrons. The number of ether oxygens (including phenoxy) is 1. The summed E-state index contributed by atoms with van der Waals surface area (Å²) in [6.45, 7) is 0.588. The number of rotatable bonds is 6. The van der Waals surface area contributed by atoms with Crippen molar-refractivity contribution in [2.45, 2.75) is 12.3 Å². The van der Waals surface area contributed by atoms with E-state index in [2.05, 4.69) is 16.4 Å². The fraction of sp³-hybridized carbons (Fsp3) is 0.200. The number of H-pyrrole nitrogens is 1. The zero-order valence-electron chi connectivity index (χ0n) is 20.6. The van der Waals surface area contributed by atoms with Gasteiger partial charge in [0.25, 0.3) is 5.91 Å². The van der Waals surface area contributed by atoms with Crippen molar-refractivity contribution in [2.24, 2.45) is 5.92 Å². The predicted octanol–water partition coefficient (Wildman–Crippen LogP) is 4.05. The van der Waals surface area contributed by atoms with Crippen LogP contribution in [0.1, 0.15) is 23.5 Å². The number of amides is 2. The van der Waals surface area contributed by atoms with Crippen LogP contribution in [0.4, 0.5) is 5.69 Å². The van der Waals surface area contributed by atoms with Gasteiger partial charge in [-0.15, -0.1) is 0 Å². The molecule has 1 fully saturated rings. The third-order valence-corrected chi connectivity index (χ3v) is 6.91. The van der Waals surface area contributed by atoms with Crippen LogP contribution in [0.3, 0.4) is 0 Å². The van der Waals surface area contributed by atoms with Crippen molar-refractivity contribution in [3.63, 3.8) is 0 Å². The van der Waals surface area contributed by atoms with Crippen molar-refractivity contribution in [3.05, 3.63) is 106 Å². The first-order valence-corrected chi connectivity index (χ1v) is 12.4. The number of pyridine rings is 1. The molecule has 1 aliphatic heterocycles. The van der Waals surface area contributed by atoms with E-state index in [0.29, 0.717) is 42.0 Å². The fourth-order valence-electron chi connectivity index (χ4n) is 4.97. The molecule has 1 aliphatic rings. The normalized spacial score (nSPS) is 17.0. The summed E-state index contributed by atoms with van der Waals surface area (Å²) in [4.78, 5) is 42.9. The Hall–Kier alpha value is -4.90. The summed E-state index contributed by atoms with van der Waals surface area (Å²) in [7, 11) is 0. The molecule has 38 heavy (non-hydrogen) atoms. The number of hydrogen-bond donors (Lipinski definition) is 2. The second-order valence-electron chi connectivity index (χ2n) is 9.23. The topological polar surface area (TPSA) is 115 Å². The second-order valence-corrected chi connectivity index (χ2v) is 9.23. The Balaban J connectivity index is 1.33. The molecule has 2 heterocycles. The monoisotopic (exact) mass is 506 g/mol. The summed E-state index contributed by atoms with van der Waals surface area (Å²) >= 11 is 0. The number of fused-ring (bicyclic) bond motifs is 1. The maximum atomic E-state index is 13.6. The Kier molecular flexibility index (Phi) is 7.18. The van der Waals surface area contributed by atoms with E-state index in [4.69, 9.17) is 4.74 Å². The molecule has 0 spiro atoms. The summed E-state index contributed by atoms with van der Waals surface area (Å²) in [5, 5.41) is 13.1. The van der Waals surface area contributed by atoms with Gasteiger partial charge in [-0.1, -0.05) is 48.5 Å². The van der Waals surface area contributed by atoms with Gasteiger partial charge in [0.1, 0.15) is 11.8 Å². The van der Waals surface area contributed by atoms with Crippen molar-refractivity contribution >= 4 is 28.4 Å². The first-order chi connectivity index (χ1) is 18.5. The number of carbonyl (C=O) groups excluding carboxylic acids is 2. The molecule has 190 valence electrons. The van der Waals surface area contributed by atoms with Crippen molar-refractivity contribution in [1.82, 2.24) is 9.88 Å². The van der Waals surface area contributed by atoms with Crippen LogP contribution >= 0.6 is 0 Å². The minimum atomic E-state index is -0.361. The molecule has 2 atom stereocenters. The van der Waals surface area contributed by atoms with Gasteiger partial charge in [0.2, 0.25) is 11.5 Å². The second kappa shape index (κ2) is 11.0. The van der Waals surface area contributed by atoms with Gasteiger partial charge in [-0.2, -0.15) is 5.26 Å². The van der Waals surface area contributed by atoms with Crippen LogP contribution in [-0.2, 0) is 9.59 Å². The number of nitrogens with one attached hydrogen (secondary N) is 2. The van der Waals surface area contributed by atoms with E-state index >= 15 is 0 Å². The van der Waals surface area contributed by atoms with E-state index in [-0.39, 0.29) is 35.8 Å². The number of para-hydroxylation sites is 1. The van der Waals surface area contributed by atoms with Crippen molar-refractivity contribution in [1.29, 1.82) is 5.26 Å². The lowest BCUT2D eigenvalue weighted by Gasteiger charge is -2.38. The molecule has 1 saturated heterocycles. The summed E-state index contributed by atoms with van der Waals surface area (Å²) in [5.41, 5.74) is 2.41. The number of aromatic amines is 1. The number of likely N-dealkylation sites (tertiary alicyclic amines) is 1. The molecule has 0 unspecified atom stereocenters. The first-order valence-electron chi connectivity index (χ1n) is 12.4. The first kappa shape index (κ1) is 24.8. The Bertz CT molecular complexity index is 1570. The summed E-state index contributed by atoms with van der Waals surface area (Å²) in [6.07, 6.45) is 0.480. The van der Waals surface area contributed by atoms with Crippen molar-refractivity contribution in [2.75, 3.05) is 25.0 Å². The predicted molar refractivity (Wildman–Crippen MR) is 144 cm³/mol. The molecule has 0 aliphatic carbocycles. The Labute approximate surface area is 219 Å². The number of benzene rings is 3. The molecule has 2 N–H and O–H groups in total. The molecular formula is C30H26N4O4. The molecule has 2 amide bonds. The Morgan fingerprint density at radius 1 is 1.00 bits per heavy atom. The fourth-order valence-corrected chi connectivity index (χ4v) is 4.97. The maximum Gasteiger partial charge on any atom is 0.260 e. The Morgan fingerprint density at radius 2 is 1.79 bits per heavy atom. The van der Waals surface area contributed by atoms with Crippen molar-refractivity contribution in [3.8, 4) is 11.8 Å². The minimum Gasteiger partial charge on any atom is -0.482 e. The van der Waals surface area contributed by atoms with E-state index in [1.54, 1.807) is 47.4 Å². The van der Waals surface area contributed by atoms with E-state index < -0.39 is 0 Å². The van der Waals surface area contributed by atoms with Crippen LogP contribution in [0.25, 0.3) is 10.9 Å². The third kappa shape index (κ3) is 5.27. The largest absolute Gasteiger partial charge is 0.482 e. The maximum absolute atomic E-state index is 13.6. The lowest BCUT2D eigenvalue weighted by atomic mass is 9.80. The molecular weight excluding hydrogens is 480 g/mol. The smallest absolute Gasteiger partial charge is 0.260 e. The number of carbonyl (C=O) groups is 2. The Morgan fingerprint density at radius 3 is 2.61 bits per heavy atom. The van der Waals surface area contributed by atoms with E-state index in [9.17, 15) is 19.6 Å². The van der Waals surface area contributed by atoms with Gasteiger partial charge < -0.3 is 19.9 Å². The highest BCUT2D eigenvalue weighted by Gasteiger charge is 2.37. The summed E-state index contributed by atoms with van der Waals surface area (Å²) < 4.78 is 5.67. The molecule has 8 nitrogen and oxygen atoms in total. The van der Waals surface area contributed by atoms with Crippen LogP contribution in [0.5, 0.6) is 5.75 Å². The number of nitrogens with zero attached hydrogens (tertiary/aromatic N) is 2. The standard InChI is InChI=1S/C30H26N4O4/c31-17-21-9-4-5-12-27(21)38-19-29(36)34-16-15-22(24(18-34)20-7-2-1-3-8-20)30(37)33-26-11-6-10-25-23(26)13-14-28(35)32-25/h1-14,22,24H,15-16,18-19H2,(H,32,35)(H,33,37)/t22-,24+/m1/s1. The summed E-state index contributed by atoms with van der Waals surface area (Å²) in [6, 6.07) is 27.1. The zero-order valence-corrected chi connectivity index (χ0v) is 20.6. The quantitative estimate of drug-likeness (QED) is 0.409. The van der Waals surface area contributed by atoms with Gasteiger partial charge >= 0.3 is 0 Å². The third-order valence-electron chi connectivity index (χ3n) is 6.91. The van der Waals surface area contributed by atoms with Gasteiger partial charge in [0.15, 0.2) is 6.61 Å². The van der Waals surface area contributed by atoms with E-state index in [1.165, 1.54) is 6.07 Å². The molecule has 4 aromatic rings. The highest BCUT2D eigenvalue weighted by molar-refractivity contribution is 6.02. The highest BCUT2D eigenvalue weighted by atomic mass is 16.5. The number of hydrogen-bond acceptors (Lipinski definition) is 5. The SMILES string of the molecule is N#Cc1ccccc1OCC(=O)N1CC[C@@H](C(=O)Nc2cccc3[nH]c(=O)ccc23)[C@H](c2ccccc2)C1. The van der Waals surface area contributed by atoms with Gasteiger partial charge in [0, 0.05) is 36.4 Å². The lowest BCUT2D eigenvalue weighted by Crippen LogP contribution is -2.47. The van der Waals surface area contributed by atoms with Crippen LogP contribution in [0.2, 0.25) is 0 Å². The molecule has 0 bridgehead atoms. The number of nitriles is 1. The zero-order chi connectivity index (χ0) is 26.5. The molecule has 3 aromatic carbocycles.